The Balaban J connectivity index is 1.81. The molecular weight excluding hydrogens is 296 g/mol. The number of nitrogens with one attached hydrogen (secondary N) is 2. The number of carbonyl (C=O) groups excluding carboxylic acids is 1. The summed E-state index contributed by atoms with van der Waals surface area (Å²) in [6.45, 7) is 5.24. The molecule has 0 aliphatic heterocycles. The smallest absolute Gasteiger partial charge is 0.182 e. The van der Waals surface area contributed by atoms with Crippen LogP contribution in [0.5, 0.6) is 0 Å². The lowest BCUT2D eigenvalue weighted by Gasteiger charge is -2.07. The van der Waals surface area contributed by atoms with Crippen molar-refractivity contribution in [2.75, 3.05) is 0 Å². The SMILES string of the molecule is C/C(=C\C(=O)/C=C(\C)NCc1ccccc1)NCc1ccccc1. The minimum Gasteiger partial charge on any atom is -0.384 e. The molecule has 0 spiro atoms. The summed E-state index contributed by atoms with van der Waals surface area (Å²) in [6, 6.07) is 20.2. The van der Waals surface area contributed by atoms with Gasteiger partial charge < -0.3 is 10.6 Å². The molecule has 0 radical (unpaired) electrons. The summed E-state index contributed by atoms with van der Waals surface area (Å²) in [4.78, 5) is 12.1. The van der Waals surface area contributed by atoms with Crippen LogP contribution in [0.15, 0.2) is 84.2 Å². The van der Waals surface area contributed by atoms with Crippen LogP contribution in [-0.2, 0) is 17.9 Å². The quantitative estimate of drug-likeness (QED) is 0.724. The Morgan fingerprint density at radius 3 is 1.50 bits per heavy atom. The maximum absolute atomic E-state index is 12.1. The third kappa shape index (κ3) is 6.53. The van der Waals surface area contributed by atoms with E-state index in [1.807, 2.05) is 50.2 Å². The van der Waals surface area contributed by atoms with Gasteiger partial charge in [0, 0.05) is 36.6 Å². The summed E-state index contributed by atoms with van der Waals surface area (Å²) in [5, 5.41) is 6.50. The zero-order valence-corrected chi connectivity index (χ0v) is 14.3. The molecule has 124 valence electrons. The summed E-state index contributed by atoms with van der Waals surface area (Å²) in [5.74, 6) is -0.0221. The second-order valence-corrected chi connectivity index (χ2v) is 5.74. The normalized spacial score (nSPS) is 11.9. The van der Waals surface area contributed by atoms with E-state index in [4.69, 9.17) is 0 Å². The number of carbonyl (C=O) groups is 1. The molecule has 0 heterocycles. The average molecular weight is 320 g/mol. The number of benzene rings is 2. The molecule has 0 amide bonds. The van der Waals surface area contributed by atoms with E-state index in [0.29, 0.717) is 13.1 Å². The third-order valence-corrected chi connectivity index (χ3v) is 3.55. The third-order valence-electron chi connectivity index (χ3n) is 3.55. The number of hydrogen-bond acceptors (Lipinski definition) is 3. The molecule has 0 saturated heterocycles. The molecule has 3 heteroatoms. The van der Waals surface area contributed by atoms with Gasteiger partial charge in [-0.1, -0.05) is 60.7 Å². The van der Waals surface area contributed by atoms with Crippen LogP contribution in [0, 0.1) is 0 Å². The fourth-order valence-electron chi connectivity index (χ4n) is 2.25. The van der Waals surface area contributed by atoms with Crippen LogP contribution in [-0.4, -0.2) is 5.78 Å². The molecule has 0 fully saturated rings. The van der Waals surface area contributed by atoms with Crippen molar-refractivity contribution in [3.05, 3.63) is 95.3 Å². The monoisotopic (exact) mass is 320 g/mol. The van der Waals surface area contributed by atoms with E-state index in [0.717, 1.165) is 11.4 Å². The fraction of sp³-hybridized carbons (Fsp3) is 0.190. The van der Waals surface area contributed by atoms with Crippen LogP contribution < -0.4 is 10.6 Å². The largest absolute Gasteiger partial charge is 0.384 e. The highest BCUT2D eigenvalue weighted by atomic mass is 16.1. The lowest BCUT2D eigenvalue weighted by Crippen LogP contribution is -2.13. The summed E-state index contributed by atoms with van der Waals surface area (Å²) >= 11 is 0. The Kier molecular flexibility index (Phi) is 6.84. The van der Waals surface area contributed by atoms with Gasteiger partial charge in [-0.2, -0.15) is 0 Å². The van der Waals surface area contributed by atoms with Gasteiger partial charge in [-0.15, -0.1) is 0 Å². The molecule has 0 unspecified atom stereocenters. The molecule has 0 bridgehead atoms. The molecule has 2 aromatic rings. The molecule has 24 heavy (non-hydrogen) atoms. The number of rotatable bonds is 8. The molecule has 2 N–H and O–H groups in total. The number of hydrogen-bond donors (Lipinski definition) is 2. The predicted octanol–water partition coefficient (Wildman–Crippen LogP) is 3.94. The van der Waals surface area contributed by atoms with Crippen molar-refractivity contribution >= 4 is 5.78 Å². The van der Waals surface area contributed by atoms with Crippen LogP contribution in [0.1, 0.15) is 25.0 Å². The first kappa shape index (κ1) is 17.5. The lowest BCUT2D eigenvalue weighted by atomic mass is 10.2. The maximum Gasteiger partial charge on any atom is 0.182 e. The van der Waals surface area contributed by atoms with Gasteiger partial charge >= 0.3 is 0 Å². The molecule has 0 saturated carbocycles. The Morgan fingerprint density at radius 2 is 1.12 bits per heavy atom. The van der Waals surface area contributed by atoms with Crippen molar-refractivity contribution < 1.29 is 4.79 Å². The second-order valence-electron chi connectivity index (χ2n) is 5.74. The first-order valence-corrected chi connectivity index (χ1v) is 8.09. The molecular formula is C21H24N2O. The molecule has 0 aliphatic rings. The molecule has 0 atom stereocenters. The first-order valence-electron chi connectivity index (χ1n) is 8.09. The van der Waals surface area contributed by atoms with E-state index in [-0.39, 0.29) is 5.78 Å². The van der Waals surface area contributed by atoms with Crippen molar-refractivity contribution in [3.63, 3.8) is 0 Å². The Bertz CT molecular complexity index is 642. The van der Waals surface area contributed by atoms with Gasteiger partial charge in [0.25, 0.3) is 0 Å². The van der Waals surface area contributed by atoms with Crippen molar-refractivity contribution in [1.82, 2.24) is 10.6 Å². The Morgan fingerprint density at radius 1 is 0.750 bits per heavy atom. The van der Waals surface area contributed by atoms with Crippen molar-refractivity contribution in [2.24, 2.45) is 0 Å². The second kappa shape index (κ2) is 9.36. The fourth-order valence-corrected chi connectivity index (χ4v) is 2.25. The number of allylic oxidation sites excluding steroid dienone is 4. The molecule has 2 aromatic carbocycles. The maximum atomic E-state index is 12.1. The standard InChI is InChI=1S/C21H24N2O/c1-17(22-15-19-9-5-3-6-10-19)13-21(24)14-18(2)23-16-20-11-7-4-8-12-20/h3-14,22-23H,15-16H2,1-2H3/b17-13+,18-14+. The average Bonchev–Trinajstić information content (AvgIpc) is 2.60. The molecule has 3 nitrogen and oxygen atoms in total. The molecule has 0 aliphatic carbocycles. The summed E-state index contributed by atoms with van der Waals surface area (Å²) in [5.41, 5.74) is 4.09. The van der Waals surface area contributed by atoms with Crippen LogP contribution in [0.4, 0.5) is 0 Å². The van der Waals surface area contributed by atoms with Crippen LogP contribution in [0.3, 0.4) is 0 Å². The highest BCUT2D eigenvalue weighted by Crippen LogP contribution is 2.01. The van der Waals surface area contributed by atoms with Gasteiger partial charge in [0.1, 0.15) is 0 Å². The van der Waals surface area contributed by atoms with Crippen molar-refractivity contribution in [3.8, 4) is 0 Å². The minimum atomic E-state index is -0.0221. The van der Waals surface area contributed by atoms with E-state index < -0.39 is 0 Å². The highest BCUT2D eigenvalue weighted by molar-refractivity contribution is 5.99. The summed E-state index contributed by atoms with van der Waals surface area (Å²) in [6.07, 6.45) is 3.24. The van der Waals surface area contributed by atoms with Crippen molar-refractivity contribution in [2.45, 2.75) is 26.9 Å². The first-order chi connectivity index (χ1) is 11.6. The zero-order valence-electron chi connectivity index (χ0n) is 14.3. The summed E-state index contributed by atoms with van der Waals surface area (Å²) < 4.78 is 0. The van der Waals surface area contributed by atoms with Gasteiger partial charge in [0.05, 0.1) is 0 Å². The molecule has 0 aromatic heterocycles. The van der Waals surface area contributed by atoms with Crippen LogP contribution in [0.2, 0.25) is 0 Å². The highest BCUT2D eigenvalue weighted by Gasteiger charge is 1.98. The van der Waals surface area contributed by atoms with E-state index in [1.165, 1.54) is 11.1 Å². The minimum absolute atomic E-state index is 0.0221. The topological polar surface area (TPSA) is 41.1 Å². The van der Waals surface area contributed by atoms with E-state index in [1.54, 1.807) is 12.2 Å². The van der Waals surface area contributed by atoms with Gasteiger partial charge in [-0.25, -0.2) is 0 Å². The predicted molar refractivity (Wildman–Crippen MR) is 99.1 cm³/mol. The van der Waals surface area contributed by atoms with Gasteiger partial charge in [0.15, 0.2) is 5.78 Å². The van der Waals surface area contributed by atoms with Crippen LogP contribution in [0.25, 0.3) is 0 Å². The van der Waals surface area contributed by atoms with E-state index in [2.05, 4.69) is 34.9 Å². The Hall–Kier alpha value is -2.81. The lowest BCUT2D eigenvalue weighted by molar-refractivity contribution is -0.110. The number of ketones is 1. The van der Waals surface area contributed by atoms with E-state index in [9.17, 15) is 4.79 Å². The van der Waals surface area contributed by atoms with E-state index >= 15 is 0 Å². The van der Waals surface area contributed by atoms with Gasteiger partial charge in [-0.3, -0.25) is 4.79 Å². The van der Waals surface area contributed by atoms with Crippen molar-refractivity contribution in [1.29, 1.82) is 0 Å². The van der Waals surface area contributed by atoms with Crippen LogP contribution >= 0.6 is 0 Å². The van der Waals surface area contributed by atoms with Gasteiger partial charge in [-0.05, 0) is 25.0 Å². The summed E-state index contributed by atoms with van der Waals surface area (Å²) in [7, 11) is 0. The molecule has 2 rings (SSSR count). The zero-order chi connectivity index (χ0) is 17.2. The Labute approximate surface area is 144 Å². The van der Waals surface area contributed by atoms with Gasteiger partial charge in [0.2, 0.25) is 0 Å².